The smallest absolute Gasteiger partial charge is 0.274 e. The SMILES string of the molecule is Cc1ccc(NCC(O)C(C)C)cc1[N+](=O)[O-]. The van der Waals surface area contributed by atoms with Crippen molar-refractivity contribution >= 4 is 11.4 Å². The number of aliphatic hydroxyl groups is 1. The van der Waals surface area contributed by atoms with Gasteiger partial charge in [0, 0.05) is 23.9 Å². The van der Waals surface area contributed by atoms with E-state index in [1.54, 1.807) is 19.1 Å². The predicted octanol–water partition coefficient (Wildman–Crippen LogP) is 2.33. The van der Waals surface area contributed by atoms with Gasteiger partial charge in [-0.25, -0.2) is 0 Å². The number of aliphatic hydroxyl groups excluding tert-OH is 1. The lowest BCUT2D eigenvalue weighted by atomic mass is 10.1. The van der Waals surface area contributed by atoms with Crippen LogP contribution in [0.4, 0.5) is 11.4 Å². The fourth-order valence-corrected chi connectivity index (χ4v) is 1.37. The van der Waals surface area contributed by atoms with Gasteiger partial charge in [-0.1, -0.05) is 19.9 Å². The van der Waals surface area contributed by atoms with Crippen LogP contribution in [0.3, 0.4) is 0 Å². The number of nitro benzene ring substituents is 1. The molecule has 17 heavy (non-hydrogen) atoms. The van der Waals surface area contributed by atoms with Crippen molar-refractivity contribution < 1.29 is 10.0 Å². The molecule has 0 heterocycles. The summed E-state index contributed by atoms with van der Waals surface area (Å²) in [4.78, 5) is 10.3. The third kappa shape index (κ3) is 3.71. The monoisotopic (exact) mass is 238 g/mol. The number of hydrogen-bond donors (Lipinski definition) is 2. The number of rotatable bonds is 5. The molecule has 5 nitrogen and oxygen atoms in total. The molecule has 1 rings (SSSR count). The molecule has 0 bridgehead atoms. The molecular weight excluding hydrogens is 220 g/mol. The molecule has 1 aromatic rings. The molecule has 0 radical (unpaired) electrons. The summed E-state index contributed by atoms with van der Waals surface area (Å²) in [6, 6.07) is 4.96. The van der Waals surface area contributed by atoms with Gasteiger partial charge in [0.25, 0.3) is 5.69 Å². The Hall–Kier alpha value is -1.62. The van der Waals surface area contributed by atoms with Crippen molar-refractivity contribution in [2.75, 3.05) is 11.9 Å². The van der Waals surface area contributed by atoms with Gasteiger partial charge in [0.2, 0.25) is 0 Å². The lowest BCUT2D eigenvalue weighted by Crippen LogP contribution is -2.24. The van der Waals surface area contributed by atoms with E-state index in [1.165, 1.54) is 6.07 Å². The van der Waals surface area contributed by atoms with Gasteiger partial charge in [-0.05, 0) is 18.9 Å². The van der Waals surface area contributed by atoms with Crippen LogP contribution in [0.15, 0.2) is 18.2 Å². The second-order valence-electron chi connectivity index (χ2n) is 4.45. The summed E-state index contributed by atoms with van der Waals surface area (Å²) in [7, 11) is 0. The van der Waals surface area contributed by atoms with Gasteiger partial charge < -0.3 is 10.4 Å². The zero-order valence-corrected chi connectivity index (χ0v) is 10.3. The highest BCUT2D eigenvalue weighted by molar-refractivity contribution is 5.54. The van der Waals surface area contributed by atoms with Crippen LogP contribution in [0.1, 0.15) is 19.4 Å². The van der Waals surface area contributed by atoms with Crippen molar-refractivity contribution in [3.8, 4) is 0 Å². The first-order chi connectivity index (χ1) is 7.91. The van der Waals surface area contributed by atoms with Gasteiger partial charge in [0.15, 0.2) is 0 Å². The third-order valence-electron chi connectivity index (χ3n) is 2.69. The van der Waals surface area contributed by atoms with E-state index in [0.29, 0.717) is 17.8 Å². The zero-order valence-electron chi connectivity index (χ0n) is 10.3. The average Bonchev–Trinajstić information content (AvgIpc) is 2.26. The summed E-state index contributed by atoms with van der Waals surface area (Å²) in [6.45, 7) is 5.93. The molecule has 0 aliphatic rings. The van der Waals surface area contributed by atoms with Crippen molar-refractivity contribution in [2.24, 2.45) is 5.92 Å². The van der Waals surface area contributed by atoms with Gasteiger partial charge in [0.05, 0.1) is 11.0 Å². The van der Waals surface area contributed by atoms with Crippen molar-refractivity contribution in [3.63, 3.8) is 0 Å². The van der Waals surface area contributed by atoms with Gasteiger partial charge in [0.1, 0.15) is 0 Å². The molecule has 0 saturated heterocycles. The molecule has 94 valence electrons. The molecule has 0 aliphatic heterocycles. The fourth-order valence-electron chi connectivity index (χ4n) is 1.37. The summed E-state index contributed by atoms with van der Waals surface area (Å²) in [5, 5.41) is 23.4. The highest BCUT2D eigenvalue weighted by Crippen LogP contribution is 2.22. The van der Waals surface area contributed by atoms with Crippen molar-refractivity contribution in [2.45, 2.75) is 26.9 Å². The van der Waals surface area contributed by atoms with Crippen LogP contribution >= 0.6 is 0 Å². The predicted molar refractivity (Wildman–Crippen MR) is 67.2 cm³/mol. The second-order valence-corrected chi connectivity index (χ2v) is 4.45. The van der Waals surface area contributed by atoms with Gasteiger partial charge in [-0.2, -0.15) is 0 Å². The lowest BCUT2D eigenvalue weighted by molar-refractivity contribution is -0.385. The molecule has 0 spiro atoms. The minimum Gasteiger partial charge on any atom is -0.391 e. The van der Waals surface area contributed by atoms with Crippen LogP contribution in [-0.4, -0.2) is 22.7 Å². The zero-order chi connectivity index (χ0) is 13.0. The van der Waals surface area contributed by atoms with E-state index in [-0.39, 0.29) is 11.6 Å². The number of benzene rings is 1. The minimum atomic E-state index is -0.463. The number of nitrogens with zero attached hydrogens (tertiary/aromatic N) is 1. The molecule has 0 saturated carbocycles. The van der Waals surface area contributed by atoms with Crippen LogP contribution < -0.4 is 5.32 Å². The number of aryl methyl sites for hydroxylation is 1. The largest absolute Gasteiger partial charge is 0.391 e. The van der Waals surface area contributed by atoms with Gasteiger partial charge in [-0.15, -0.1) is 0 Å². The lowest BCUT2D eigenvalue weighted by Gasteiger charge is -2.15. The van der Waals surface area contributed by atoms with E-state index in [0.717, 1.165) is 0 Å². The Morgan fingerprint density at radius 1 is 1.47 bits per heavy atom. The Balaban J connectivity index is 2.73. The number of hydrogen-bond acceptors (Lipinski definition) is 4. The molecule has 0 fully saturated rings. The Bertz CT molecular complexity index is 405. The van der Waals surface area contributed by atoms with E-state index < -0.39 is 11.0 Å². The van der Waals surface area contributed by atoms with Gasteiger partial charge in [-0.3, -0.25) is 10.1 Å². The molecule has 5 heteroatoms. The first-order valence-corrected chi connectivity index (χ1v) is 5.58. The average molecular weight is 238 g/mol. The summed E-state index contributed by atoms with van der Waals surface area (Å²) >= 11 is 0. The molecule has 1 aromatic carbocycles. The first-order valence-electron chi connectivity index (χ1n) is 5.58. The van der Waals surface area contributed by atoms with Crippen molar-refractivity contribution in [1.29, 1.82) is 0 Å². The standard InChI is InChI=1S/C12H18N2O3/c1-8(2)12(15)7-13-10-5-4-9(3)11(6-10)14(16)17/h4-6,8,12-13,15H,7H2,1-3H3. The maximum atomic E-state index is 10.7. The van der Waals surface area contributed by atoms with Gasteiger partial charge >= 0.3 is 0 Å². The molecule has 2 N–H and O–H groups in total. The maximum Gasteiger partial charge on any atom is 0.274 e. The Morgan fingerprint density at radius 2 is 2.12 bits per heavy atom. The van der Waals surface area contributed by atoms with E-state index in [1.807, 2.05) is 13.8 Å². The van der Waals surface area contributed by atoms with E-state index in [2.05, 4.69) is 5.32 Å². The molecular formula is C12H18N2O3. The molecule has 0 aromatic heterocycles. The Kier molecular flexibility index (Phi) is 4.45. The normalized spacial score (nSPS) is 12.5. The molecule has 1 atom stereocenters. The second kappa shape index (κ2) is 5.63. The molecule has 0 aliphatic carbocycles. The summed E-state index contributed by atoms with van der Waals surface area (Å²) in [6.07, 6.45) is -0.463. The van der Waals surface area contributed by atoms with E-state index in [9.17, 15) is 15.2 Å². The minimum absolute atomic E-state index is 0.0917. The van der Waals surface area contributed by atoms with E-state index >= 15 is 0 Å². The van der Waals surface area contributed by atoms with Crippen LogP contribution in [0.25, 0.3) is 0 Å². The van der Waals surface area contributed by atoms with Crippen LogP contribution in [0.5, 0.6) is 0 Å². The summed E-state index contributed by atoms with van der Waals surface area (Å²) in [5.74, 6) is 0.155. The van der Waals surface area contributed by atoms with Crippen LogP contribution in [0.2, 0.25) is 0 Å². The van der Waals surface area contributed by atoms with Crippen molar-refractivity contribution in [3.05, 3.63) is 33.9 Å². The number of nitro groups is 1. The molecule has 1 unspecified atom stereocenters. The number of nitrogens with one attached hydrogen (secondary N) is 1. The highest BCUT2D eigenvalue weighted by atomic mass is 16.6. The van der Waals surface area contributed by atoms with Crippen LogP contribution in [-0.2, 0) is 0 Å². The Morgan fingerprint density at radius 3 is 2.65 bits per heavy atom. The summed E-state index contributed by atoms with van der Waals surface area (Å²) in [5.41, 5.74) is 1.38. The quantitative estimate of drug-likeness (QED) is 0.609. The maximum absolute atomic E-state index is 10.7. The van der Waals surface area contributed by atoms with E-state index in [4.69, 9.17) is 0 Å². The Labute approximate surface area is 101 Å². The first kappa shape index (κ1) is 13.4. The van der Waals surface area contributed by atoms with Crippen molar-refractivity contribution in [1.82, 2.24) is 0 Å². The third-order valence-corrected chi connectivity index (χ3v) is 2.69. The molecule has 0 amide bonds. The number of anilines is 1. The highest BCUT2D eigenvalue weighted by Gasteiger charge is 2.12. The van der Waals surface area contributed by atoms with Crippen LogP contribution in [0, 0.1) is 23.0 Å². The topological polar surface area (TPSA) is 75.4 Å². The fraction of sp³-hybridized carbons (Fsp3) is 0.500. The summed E-state index contributed by atoms with van der Waals surface area (Å²) < 4.78 is 0.